The molecule has 0 bridgehead atoms. The summed E-state index contributed by atoms with van der Waals surface area (Å²) in [5.41, 5.74) is 6.77. The van der Waals surface area contributed by atoms with Crippen LogP contribution in [0, 0.1) is 0 Å². The largest absolute Gasteiger partial charge is 0.439 e. The van der Waals surface area contributed by atoms with Crippen LogP contribution >= 0.6 is 0 Å². The predicted octanol–water partition coefficient (Wildman–Crippen LogP) is 1.65. The maximum absolute atomic E-state index is 11.1. The van der Waals surface area contributed by atoms with E-state index in [1.165, 1.54) is 0 Å². The van der Waals surface area contributed by atoms with Gasteiger partial charge in [0.15, 0.2) is 5.58 Å². The normalized spacial score (nSPS) is 18.7. The number of likely N-dealkylation sites (tertiary alicyclic amines) is 1. The summed E-state index contributed by atoms with van der Waals surface area (Å²) >= 11 is 0. The standard InChI is InChI=1S/C15H15N5O3/c16-13(21)14-18-15(23-19-14)10-5-3-7-20(10)8-12-17-9-4-1-2-6-11(9)22-12/h1-2,4,6,10H,3,5,7-8H2,(H2,16,21). The Labute approximate surface area is 131 Å². The zero-order valence-electron chi connectivity index (χ0n) is 12.3. The van der Waals surface area contributed by atoms with Gasteiger partial charge in [-0.05, 0) is 31.5 Å². The highest BCUT2D eigenvalue weighted by Gasteiger charge is 2.32. The number of primary amides is 1. The second kappa shape index (κ2) is 5.47. The van der Waals surface area contributed by atoms with Crippen molar-refractivity contribution < 1.29 is 13.7 Å². The van der Waals surface area contributed by atoms with Crippen molar-refractivity contribution in [2.45, 2.75) is 25.4 Å². The number of aromatic nitrogens is 3. The fraction of sp³-hybridized carbons (Fsp3) is 0.333. The Bertz CT molecular complexity index is 823. The van der Waals surface area contributed by atoms with Gasteiger partial charge in [-0.1, -0.05) is 17.3 Å². The average molecular weight is 313 g/mol. The van der Waals surface area contributed by atoms with E-state index in [2.05, 4.69) is 20.0 Å². The molecule has 8 nitrogen and oxygen atoms in total. The van der Waals surface area contributed by atoms with E-state index < -0.39 is 5.91 Å². The number of hydrogen-bond acceptors (Lipinski definition) is 7. The minimum Gasteiger partial charge on any atom is -0.439 e. The van der Waals surface area contributed by atoms with Crippen molar-refractivity contribution in [2.75, 3.05) is 6.54 Å². The molecule has 23 heavy (non-hydrogen) atoms. The number of carbonyl (C=O) groups excluding carboxylic acids is 1. The second-order valence-electron chi connectivity index (χ2n) is 5.52. The minimum atomic E-state index is -0.691. The monoisotopic (exact) mass is 313 g/mol. The third-order valence-corrected chi connectivity index (χ3v) is 3.99. The topological polar surface area (TPSA) is 111 Å². The van der Waals surface area contributed by atoms with Crippen molar-refractivity contribution in [3.8, 4) is 0 Å². The maximum atomic E-state index is 11.1. The first-order chi connectivity index (χ1) is 11.2. The van der Waals surface area contributed by atoms with Crippen molar-refractivity contribution in [3.63, 3.8) is 0 Å². The molecule has 3 aromatic rings. The highest BCUT2D eigenvalue weighted by Crippen LogP contribution is 2.32. The van der Waals surface area contributed by atoms with Crippen LogP contribution in [-0.2, 0) is 6.54 Å². The SMILES string of the molecule is NC(=O)c1noc(C2CCCN2Cc2nc3ccccc3o2)n1. The van der Waals surface area contributed by atoms with Gasteiger partial charge in [0.25, 0.3) is 11.7 Å². The van der Waals surface area contributed by atoms with Gasteiger partial charge in [-0.2, -0.15) is 4.98 Å². The van der Waals surface area contributed by atoms with Gasteiger partial charge in [0.1, 0.15) is 5.52 Å². The summed E-state index contributed by atoms with van der Waals surface area (Å²) in [6, 6.07) is 7.60. The summed E-state index contributed by atoms with van der Waals surface area (Å²) in [7, 11) is 0. The van der Waals surface area contributed by atoms with Gasteiger partial charge >= 0.3 is 0 Å². The molecule has 4 rings (SSSR count). The number of fused-ring (bicyclic) bond motifs is 1. The van der Waals surface area contributed by atoms with Gasteiger partial charge in [0, 0.05) is 0 Å². The van der Waals surface area contributed by atoms with Crippen LogP contribution in [0.25, 0.3) is 11.1 Å². The van der Waals surface area contributed by atoms with Gasteiger partial charge in [0.05, 0.1) is 12.6 Å². The van der Waals surface area contributed by atoms with Crippen molar-refractivity contribution in [1.82, 2.24) is 20.0 Å². The molecule has 1 aromatic carbocycles. The average Bonchev–Trinajstić information content (AvgIpc) is 3.25. The number of rotatable bonds is 4. The molecule has 1 atom stereocenters. The molecule has 1 saturated heterocycles. The van der Waals surface area contributed by atoms with E-state index >= 15 is 0 Å². The lowest BCUT2D eigenvalue weighted by Gasteiger charge is -2.19. The Morgan fingerprint density at radius 1 is 1.35 bits per heavy atom. The van der Waals surface area contributed by atoms with Gasteiger partial charge in [-0.3, -0.25) is 9.69 Å². The van der Waals surface area contributed by atoms with Crippen LogP contribution < -0.4 is 5.73 Å². The molecule has 0 saturated carbocycles. The molecule has 8 heteroatoms. The zero-order valence-corrected chi connectivity index (χ0v) is 12.3. The smallest absolute Gasteiger partial charge is 0.290 e. The van der Waals surface area contributed by atoms with Gasteiger partial charge < -0.3 is 14.7 Å². The first-order valence-corrected chi connectivity index (χ1v) is 7.42. The summed E-state index contributed by atoms with van der Waals surface area (Å²) in [5, 5.41) is 3.61. The molecule has 1 amide bonds. The maximum Gasteiger partial charge on any atom is 0.290 e. The Morgan fingerprint density at radius 2 is 2.22 bits per heavy atom. The predicted molar refractivity (Wildman–Crippen MR) is 79.2 cm³/mol. The van der Waals surface area contributed by atoms with Gasteiger partial charge in [-0.25, -0.2) is 4.98 Å². The molecule has 1 fully saturated rings. The highest BCUT2D eigenvalue weighted by molar-refractivity contribution is 5.88. The Balaban J connectivity index is 1.56. The molecular formula is C15H15N5O3. The number of hydrogen-bond donors (Lipinski definition) is 1. The van der Waals surface area contributed by atoms with Crippen LogP contribution in [0.15, 0.2) is 33.2 Å². The molecule has 118 valence electrons. The lowest BCUT2D eigenvalue weighted by atomic mass is 10.2. The number of nitrogens with two attached hydrogens (primary N) is 1. The number of amides is 1. The van der Waals surface area contributed by atoms with E-state index in [0.29, 0.717) is 18.3 Å². The summed E-state index contributed by atoms with van der Waals surface area (Å²) in [5.74, 6) is 0.275. The van der Waals surface area contributed by atoms with E-state index in [1.807, 2.05) is 24.3 Å². The fourth-order valence-corrected chi connectivity index (χ4v) is 2.93. The zero-order chi connectivity index (χ0) is 15.8. The second-order valence-corrected chi connectivity index (χ2v) is 5.52. The van der Waals surface area contributed by atoms with Crippen molar-refractivity contribution in [3.05, 3.63) is 41.9 Å². The quantitative estimate of drug-likeness (QED) is 0.779. The van der Waals surface area contributed by atoms with Crippen molar-refractivity contribution in [1.29, 1.82) is 0 Å². The Kier molecular flexibility index (Phi) is 3.30. The molecule has 3 heterocycles. The van der Waals surface area contributed by atoms with Crippen molar-refractivity contribution >= 4 is 17.0 Å². The van der Waals surface area contributed by atoms with Crippen molar-refractivity contribution in [2.24, 2.45) is 5.73 Å². The molecule has 2 N–H and O–H groups in total. The number of benzene rings is 1. The molecular weight excluding hydrogens is 298 g/mol. The van der Waals surface area contributed by atoms with E-state index in [1.54, 1.807) is 0 Å². The van der Waals surface area contributed by atoms with E-state index in [0.717, 1.165) is 30.5 Å². The van der Waals surface area contributed by atoms with E-state index in [-0.39, 0.29) is 11.9 Å². The lowest BCUT2D eigenvalue weighted by molar-refractivity contribution is 0.0987. The third kappa shape index (κ3) is 2.57. The number of para-hydroxylation sites is 2. The first-order valence-electron chi connectivity index (χ1n) is 7.42. The summed E-state index contributed by atoms with van der Waals surface area (Å²) < 4.78 is 10.9. The number of oxazole rings is 1. The molecule has 1 aliphatic rings. The molecule has 0 radical (unpaired) electrons. The molecule has 0 spiro atoms. The number of carbonyl (C=O) groups is 1. The number of nitrogens with zero attached hydrogens (tertiary/aromatic N) is 4. The van der Waals surface area contributed by atoms with Crippen LogP contribution in [0.2, 0.25) is 0 Å². The molecule has 0 aliphatic carbocycles. The Morgan fingerprint density at radius 3 is 3.00 bits per heavy atom. The summed E-state index contributed by atoms with van der Waals surface area (Å²) in [6.07, 6.45) is 1.87. The minimum absolute atomic E-state index is 0.0504. The van der Waals surface area contributed by atoms with E-state index in [9.17, 15) is 4.79 Å². The van der Waals surface area contributed by atoms with Crippen LogP contribution in [-0.4, -0.2) is 32.5 Å². The highest BCUT2D eigenvalue weighted by atomic mass is 16.5. The van der Waals surface area contributed by atoms with Crippen LogP contribution in [0.5, 0.6) is 0 Å². The first kappa shape index (κ1) is 13.9. The molecule has 1 unspecified atom stereocenters. The third-order valence-electron chi connectivity index (χ3n) is 3.99. The fourth-order valence-electron chi connectivity index (χ4n) is 2.93. The van der Waals surface area contributed by atoms with Crippen LogP contribution in [0.1, 0.15) is 41.3 Å². The summed E-state index contributed by atoms with van der Waals surface area (Å²) in [4.78, 5) is 21.8. The van der Waals surface area contributed by atoms with Gasteiger partial charge in [0.2, 0.25) is 11.8 Å². The molecule has 1 aliphatic heterocycles. The lowest BCUT2D eigenvalue weighted by Crippen LogP contribution is -2.23. The van der Waals surface area contributed by atoms with Gasteiger partial charge in [-0.15, -0.1) is 0 Å². The Hall–Kier alpha value is -2.74. The van der Waals surface area contributed by atoms with E-state index in [4.69, 9.17) is 14.7 Å². The molecule has 2 aromatic heterocycles. The van der Waals surface area contributed by atoms with Crippen LogP contribution in [0.3, 0.4) is 0 Å². The summed E-state index contributed by atoms with van der Waals surface area (Å²) in [6.45, 7) is 1.42. The van der Waals surface area contributed by atoms with Crippen LogP contribution in [0.4, 0.5) is 0 Å².